The van der Waals surface area contributed by atoms with Gasteiger partial charge in [-0.15, -0.1) is 0 Å². The number of fused-ring (bicyclic) bond motifs is 2. The van der Waals surface area contributed by atoms with E-state index in [-0.39, 0.29) is 5.97 Å². The maximum absolute atomic E-state index is 11.2. The second-order valence-electron chi connectivity index (χ2n) is 4.68. The van der Waals surface area contributed by atoms with Gasteiger partial charge in [0.15, 0.2) is 0 Å². The lowest BCUT2D eigenvalue weighted by molar-refractivity contribution is -0.136. The van der Waals surface area contributed by atoms with Crippen molar-refractivity contribution in [1.82, 2.24) is 0 Å². The Morgan fingerprint density at radius 2 is 2.14 bits per heavy atom. The fraction of sp³-hybridized carbons (Fsp3) is 0.750. The van der Waals surface area contributed by atoms with Crippen LogP contribution in [0, 0.1) is 17.8 Å². The van der Waals surface area contributed by atoms with Crippen molar-refractivity contribution in [1.29, 1.82) is 0 Å². The van der Waals surface area contributed by atoms with Gasteiger partial charge >= 0.3 is 5.97 Å². The number of hydrogen-bond donors (Lipinski definition) is 0. The summed E-state index contributed by atoms with van der Waals surface area (Å²) in [7, 11) is 1.44. The van der Waals surface area contributed by atoms with Gasteiger partial charge in [0.1, 0.15) is 0 Å². The van der Waals surface area contributed by atoms with Gasteiger partial charge in [-0.3, -0.25) is 0 Å². The first-order valence-corrected chi connectivity index (χ1v) is 5.47. The molecule has 14 heavy (non-hydrogen) atoms. The topological polar surface area (TPSA) is 26.3 Å². The summed E-state index contributed by atoms with van der Waals surface area (Å²) in [5, 5.41) is 0. The van der Waals surface area contributed by atoms with Gasteiger partial charge in [-0.25, -0.2) is 4.79 Å². The molecule has 3 unspecified atom stereocenters. The Morgan fingerprint density at radius 1 is 1.36 bits per heavy atom. The number of esters is 1. The smallest absolute Gasteiger partial charge is 0.333 e. The Morgan fingerprint density at radius 3 is 2.64 bits per heavy atom. The maximum atomic E-state index is 11.2. The minimum atomic E-state index is -0.173. The van der Waals surface area contributed by atoms with E-state index in [4.69, 9.17) is 4.74 Å². The number of carbonyl (C=O) groups excluding carboxylic acids is 1. The molecular formula is C12H18O2. The summed E-state index contributed by atoms with van der Waals surface area (Å²) in [5.41, 5.74) is 0.782. The number of hydrogen-bond acceptors (Lipinski definition) is 2. The van der Waals surface area contributed by atoms with Crippen molar-refractivity contribution in [3.63, 3.8) is 0 Å². The quantitative estimate of drug-likeness (QED) is 0.499. The molecule has 0 spiro atoms. The molecule has 2 aliphatic rings. The molecule has 2 saturated carbocycles. The number of carbonyl (C=O) groups is 1. The Labute approximate surface area is 85.3 Å². The molecule has 3 atom stereocenters. The third-order valence-electron chi connectivity index (χ3n) is 3.76. The molecule has 2 heteroatoms. The van der Waals surface area contributed by atoms with Crippen LogP contribution in [-0.2, 0) is 9.53 Å². The molecule has 0 heterocycles. The van der Waals surface area contributed by atoms with Crippen molar-refractivity contribution in [2.45, 2.75) is 32.6 Å². The van der Waals surface area contributed by atoms with Gasteiger partial charge in [-0.2, -0.15) is 0 Å². The summed E-state index contributed by atoms with van der Waals surface area (Å²) in [6.45, 7) is 1.86. The minimum Gasteiger partial charge on any atom is -0.466 e. The van der Waals surface area contributed by atoms with E-state index in [2.05, 4.69) is 6.08 Å². The van der Waals surface area contributed by atoms with Crippen LogP contribution in [0.1, 0.15) is 32.6 Å². The maximum Gasteiger partial charge on any atom is 0.333 e. The summed E-state index contributed by atoms with van der Waals surface area (Å²) < 4.78 is 4.70. The molecular weight excluding hydrogens is 176 g/mol. The molecule has 0 aromatic heterocycles. The van der Waals surface area contributed by atoms with Crippen LogP contribution in [0.3, 0.4) is 0 Å². The lowest BCUT2D eigenvalue weighted by atomic mass is 9.87. The lowest BCUT2D eigenvalue weighted by Crippen LogP contribution is -2.10. The monoisotopic (exact) mass is 194 g/mol. The second kappa shape index (κ2) is 3.76. The third kappa shape index (κ3) is 1.70. The van der Waals surface area contributed by atoms with Crippen LogP contribution in [0.25, 0.3) is 0 Å². The fourth-order valence-corrected chi connectivity index (χ4v) is 3.05. The van der Waals surface area contributed by atoms with E-state index in [1.54, 1.807) is 0 Å². The number of allylic oxidation sites excluding steroid dienone is 1. The van der Waals surface area contributed by atoms with E-state index in [1.807, 2.05) is 6.92 Å². The summed E-state index contributed by atoms with van der Waals surface area (Å²) in [5.74, 6) is 2.26. The highest BCUT2D eigenvalue weighted by Crippen LogP contribution is 2.49. The van der Waals surface area contributed by atoms with Gasteiger partial charge in [-0.05, 0) is 43.9 Å². The molecule has 0 amide bonds. The van der Waals surface area contributed by atoms with Gasteiger partial charge < -0.3 is 4.74 Å². The zero-order valence-electron chi connectivity index (χ0n) is 8.95. The normalized spacial score (nSPS) is 36.1. The molecule has 0 aliphatic heterocycles. The highest BCUT2D eigenvalue weighted by Gasteiger charge is 2.38. The van der Waals surface area contributed by atoms with Crippen LogP contribution >= 0.6 is 0 Å². The fourth-order valence-electron chi connectivity index (χ4n) is 3.05. The summed E-state index contributed by atoms with van der Waals surface area (Å²) in [6.07, 6.45) is 7.58. The standard InChI is InChI=1S/C12H18O2/c1-8(12(13)14-2)5-11-7-9-3-4-10(11)6-9/h5,9-11H,3-4,6-7H2,1-2H3/b8-5+. The second-order valence-corrected chi connectivity index (χ2v) is 4.68. The zero-order chi connectivity index (χ0) is 10.1. The van der Waals surface area contributed by atoms with Crippen molar-refractivity contribution in [2.24, 2.45) is 17.8 Å². The van der Waals surface area contributed by atoms with Crippen molar-refractivity contribution in [2.75, 3.05) is 7.11 Å². The first-order valence-electron chi connectivity index (χ1n) is 5.47. The van der Waals surface area contributed by atoms with Gasteiger partial charge in [0, 0.05) is 5.57 Å². The molecule has 2 aliphatic carbocycles. The van der Waals surface area contributed by atoms with E-state index in [1.165, 1.54) is 32.8 Å². The average molecular weight is 194 g/mol. The molecule has 2 bridgehead atoms. The average Bonchev–Trinajstić information content (AvgIpc) is 2.77. The molecule has 0 radical (unpaired) electrons. The molecule has 2 nitrogen and oxygen atoms in total. The van der Waals surface area contributed by atoms with Crippen LogP contribution < -0.4 is 0 Å². The van der Waals surface area contributed by atoms with Crippen molar-refractivity contribution >= 4 is 5.97 Å². The van der Waals surface area contributed by atoms with Gasteiger partial charge in [0.2, 0.25) is 0 Å². The highest BCUT2D eigenvalue weighted by atomic mass is 16.5. The Kier molecular flexibility index (Phi) is 2.62. The number of rotatable bonds is 2. The summed E-state index contributed by atoms with van der Waals surface area (Å²) in [6, 6.07) is 0. The lowest BCUT2D eigenvalue weighted by Gasteiger charge is -2.18. The number of methoxy groups -OCH3 is 1. The van der Waals surface area contributed by atoms with Crippen LogP contribution in [0.2, 0.25) is 0 Å². The molecule has 0 saturated heterocycles. The first kappa shape index (κ1) is 9.75. The molecule has 0 aromatic carbocycles. The zero-order valence-corrected chi connectivity index (χ0v) is 8.95. The molecule has 2 rings (SSSR count). The van der Waals surface area contributed by atoms with Crippen LogP contribution in [0.5, 0.6) is 0 Å². The minimum absolute atomic E-state index is 0.173. The third-order valence-corrected chi connectivity index (χ3v) is 3.76. The Bertz CT molecular complexity index is 267. The van der Waals surface area contributed by atoms with Crippen LogP contribution in [-0.4, -0.2) is 13.1 Å². The van der Waals surface area contributed by atoms with E-state index >= 15 is 0 Å². The van der Waals surface area contributed by atoms with Crippen molar-refractivity contribution in [3.05, 3.63) is 11.6 Å². The largest absolute Gasteiger partial charge is 0.466 e. The summed E-state index contributed by atoms with van der Waals surface area (Å²) in [4.78, 5) is 11.2. The first-order chi connectivity index (χ1) is 6.70. The van der Waals surface area contributed by atoms with E-state index in [9.17, 15) is 4.79 Å². The van der Waals surface area contributed by atoms with E-state index in [0.717, 1.165) is 17.4 Å². The van der Waals surface area contributed by atoms with E-state index < -0.39 is 0 Å². The predicted octanol–water partition coefficient (Wildman–Crippen LogP) is 2.54. The van der Waals surface area contributed by atoms with Crippen molar-refractivity contribution in [3.8, 4) is 0 Å². The molecule has 2 fully saturated rings. The van der Waals surface area contributed by atoms with E-state index in [0.29, 0.717) is 5.92 Å². The van der Waals surface area contributed by atoms with Gasteiger partial charge in [0.05, 0.1) is 7.11 Å². The van der Waals surface area contributed by atoms with Crippen LogP contribution in [0.15, 0.2) is 11.6 Å². The SMILES string of the molecule is COC(=O)/C(C)=C/C1CC2CCC1C2. The predicted molar refractivity (Wildman–Crippen MR) is 54.7 cm³/mol. The highest BCUT2D eigenvalue weighted by molar-refractivity contribution is 5.87. The molecule has 78 valence electrons. The van der Waals surface area contributed by atoms with Crippen molar-refractivity contribution < 1.29 is 9.53 Å². The molecule has 0 aromatic rings. The van der Waals surface area contributed by atoms with Crippen LogP contribution in [0.4, 0.5) is 0 Å². The number of ether oxygens (including phenoxy) is 1. The Hall–Kier alpha value is -0.790. The summed E-state index contributed by atoms with van der Waals surface area (Å²) >= 11 is 0. The molecule has 0 N–H and O–H groups in total. The van der Waals surface area contributed by atoms with Gasteiger partial charge in [0.25, 0.3) is 0 Å². The Balaban J connectivity index is 2.00. The van der Waals surface area contributed by atoms with Gasteiger partial charge in [-0.1, -0.05) is 12.5 Å².